The van der Waals surface area contributed by atoms with Crippen LogP contribution < -0.4 is 0 Å². The molecular formula is C65H45N. The predicted octanol–water partition coefficient (Wildman–Crippen LogP) is 16.3. The van der Waals surface area contributed by atoms with Crippen LogP contribution in [0, 0.1) is 0 Å². The van der Waals surface area contributed by atoms with Crippen LogP contribution in [-0.4, -0.2) is 4.57 Å². The average molecular weight is 840 g/mol. The van der Waals surface area contributed by atoms with Gasteiger partial charge in [0.2, 0.25) is 0 Å². The fourth-order valence-corrected chi connectivity index (χ4v) is 12.6. The number of hydrogen-bond acceptors (Lipinski definition) is 0. The largest absolute Gasteiger partial charge is 0.309 e. The second-order valence-electron chi connectivity index (χ2n) is 19.1. The van der Waals surface area contributed by atoms with Crippen LogP contribution in [0.15, 0.2) is 231 Å². The molecule has 3 aliphatic rings. The van der Waals surface area contributed by atoms with Gasteiger partial charge < -0.3 is 4.57 Å². The van der Waals surface area contributed by atoms with Crippen molar-refractivity contribution in [3.05, 3.63) is 281 Å². The summed E-state index contributed by atoms with van der Waals surface area (Å²) in [7, 11) is 0. The standard InChI is InChI=1S/C65H45N/c1-64(2)55-21-9-3-15-47(55)51-37-33-45(40-60(51)64)63(43-29-27-41(28-30-43)42-31-35-46(36-32-42)66-61-25-13-7-19-52(61)53-20-8-14-26-62(53)66)44-34-38-59-54(39-44)50-18-6-12-24-58(50)65(59)56-22-10-4-16-48(56)49-17-5-11-23-57(49)65/h3-40,63H,1-2H3. The van der Waals surface area contributed by atoms with Crippen LogP contribution >= 0.6 is 0 Å². The second kappa shape index (κ2) is 13.8. The second-order valence-corrected chi connectivity index (χ2v) is 19.1. The zero-order valence-electron chi connectivity index (χ0n) is 37.0. The molecule has 1 spiro atoms. The van der Waals surface area contributed by atoms with E-state index in [-0.39, 0.29) is 16.7 Å². The van der Waals surface area contributed by atoms with Crippen molar-refractivity contribution in [2.75, 3.05) is 0 Å². The number of para-hydroxylation sites is 2. The SMILES string of the molecule is CC1(C)c2ccccc2-c2ccc(C(c3ccc(-c4ccc(-n5c6ccccc6c6ccccc65)cc4)cc3)c3ccc4c(c3)-c3ccccc3C43c4ccccc4-c4ccccc43)cc21. The van der Waals surface area contributed by atoms with Crippen molar-refractivity contribution in [2.24, 2.45) is 0 Å². The summed E-state index contributed by atoms with van der Waals surface area (Å²) in [5.74, 6) is 0.0127. The lowest BCUT2D eigenvalue weighted by molar-refractivity contribution is 0.659. The predicted molar refractivity (Wildman–Crippen MR) is 274 cm³/mol. The van der Waals surface area contributed by atoms with Crippen LogP contribution in [0.1, 0.15) is 69.8 Å². The van der Waals surface area contributed by atoms with E-state index < -0.39 is 0 Å². The van der Waals surface area contributed by atoms with Crippen molar-refractivity contribution in [1.82, 2.24) is 4.57 Å². The Morgan fingerprint density at radius 1 is 0.318 bits per heavy atom. The van der Waals surface area contributed by atoms with Crippen LogP contribution in [0.4, 0.5) is 0 Å². The van der Waals surface area contributed by atoms with Crippen molar-refractivity contribution < 1.29 is 0 Å². The van der Waals surface area contributed by atoms with Crippen LogP contribution in [0.2, 0.25) is 0 Å². The molecule has 1 unspecified atom stereocenters. The number of hydrogen-bond donors (Lipinski definition) is 0. The van der Waals surface area contributed by atoms with E-state index >= 15 is 0 Å². The minimum atomic E-state index is -0.366. The summed E-state index contributed by atoms with van der Waals surface area (Å²) in [5, 5.41) is 2.56. The number of fused-ring (bicyclic) bond motifs is 16. The lowest BCUT2D eigenvalue weighted by Crippen LogP contribution is -2.25. The Morgan fingerprint density at radius 2 is 0.727 bits per heavy atom. The van der Waals surface area contributed by atoms with Crippen LogP contribution in [0.25, 0.3) is 72.0 Å². The highest BCUT2D eigenvalue weighted by Crippen LogP contribution is 2.63. The maximum absolute atomic E-state index is 2.53. The van der Waals surface area contributed by atoms with Gasteiger partial charge in [0.25, 0.3) is 0 Å². The topological polar surface area (TPSA) is 4.93 Å². The van der Waals surface area contributed by atoms with Crippen molar-refractivity contribution in [3.63, 3.8) is 0 Å². The number of nitrogens with zero attached hydrogens (tertiary/aromatic N) is 1. The van der Waals surface area contributed by atoms with E-state index in [0.29, 0.717) is 0 Å². The highest BCUT2D eigenvalue weighted by atomic mass is 15.0. The third-order valence-electron chi connectivity index (χ3n) is 15.6. The molecule has 1 atom stereocenters. The van der Waals surface area contributed by atoms with E-state index in [2.05, 4.69) is 249 Å². The maximum Gasteiger partial charge on any atom is 0.0725 e. The molecule has 0 aliphatic heterocycles. The molecule has 0 saturated carbocycles. The van der Waals surface area contributed by atoms with Gasteiger partial charge in [0.15, 0.2) is 0 Å². The van der Waals surface area contributed by atoms with Gasteiger partial charge in [0.05, 0.1) is 16.4 Å². The molecule has 1 heterocycles. The average Bonchev–Trinajstić information content (AvgIpc) is 4.05. The van der Waals surface area contributed by atoms with Crippen molar-refractivity contribution in [1.29, 1.82) is 0 Å². The first kappa shape index (κ1) is 37.4. The van der Waals surface area contributed by atoms with Crippen molar-refractivity contribution in [3.8, 4) is 50.2 Å². The van der Waals surface area contributed by atoms with Gasteiger partial charge >= 0.3 is 0 Å². The zero-order valence-corrected chi connectivity index (χ0v) is 37.0. The molecule has 66 heavy (non-hydrogen) atoms. The number of benzene rings is 10. The molecular weight excluding hydrogens is 795 g/mol. The maximum atomic E-state index is 2.53. The minimum absolute atomic E-state index is 0.0127. The molecule has 1 nitrogen and oxygen atoms in total. The van der Waals surface area contributed by atoms with Gasteiger partial charge in [-0.05, 0) is 125 Å². The lowest BCUT2D eigenvalue weighted by atomic mass is 9.70. The fourth-order valence-electron chi connectivity index (χ4n) is 12.6. The van der Waals surface area contributed by atoms with Crippen LogP contribution in [0.5, 0.6) is 0 Å². The van der Waals surface area contributed by atoms with E-state index in [9.17, 15) is 0 Å². The normalized spacial score (nSPS) is 14.7. The van der Waals surface area contributed by atoms with Gasteiger partial charge in [-0.1, -0.05) is 214 Å². The quantitative estimate of drug-likeness (QED) is 0.152. The molecule has 1 aromatic heterocycles. The molecule has 0 radical (unpaired) electrons. The van der Waals surface area contributed by atoms with Crippen LogP contribution in [-0.2, 0) is 10.8 Å². The van der Waals surface area contributed by atoms with Gasteiger partial charge in [-0.3, -0.25) is 0 Å². The third kappa shape index (κ3) is 5.00. The number of rotatable bonds is 5. The Labute approximate surface area is 385 Å². The highest BCUT2D eigenvalue weighted by molar-refractivity contribution is 6.09. The molecule has 310 valence electrons. The fraction of sp³-hybridized carbons (Fsp3) is 0.0769. The van der Waals surface area contributed by atoms with E-state index in [1.807, 2.05) is 0 Å². The summed E-state index contributed by atoms with van der Waals surface area (Å²) in [4.78, 5) is 0. The third-order valence-corrected chi connectivity index (χ3v) is 15.6. The molecule has 0 fully saturated rings. The van der Waals surface area contributed by atoms with Crippen molar-refractivity contribution in [2.45, 2.75) is 30.6 Å². The molecule has 11 aromatic rings. The molecule has 1 heteroatoms. The zero-order chi connectivity index (χ0) is 43.7. The summed E-state index contributed by atoms with van der Waals surface area (Å²) >= 11 is 0. The molecule has 10 aromatic carbocycles. The monoisotopic (exact) mass is 839 g/mol. The van der Waals surface area contributed by atoms with Crippen molar-refractivity contribution >= 4 is 21.8 Å². The Kier molecular flexibility index (Phi) is 7.79. The summed E-state index contributed by atoms with van der Waals surface area (Å²) in [6.07, 6.45) is 0. The molecule has 0 N–H and O–H groups in total. The Hall–Kier alpha value is -8.00. The molecule has 3 aliphatic carbocycles. The molecule has 14 rings (SSSR count). The van der Waals surface area contributed by atoms with Crippen LogP contribution in [0.3, 0.4) is 0 Å². The van der Waals surface area contributed by atoms with Gasteiger partial charge in [-0.2, -0.15) is 0 Å². The van der Waals surface area contributed by atoms with Gasteiger partial charge in [0, 0.05) is 27.8 Å². The molecule has 0 amide bonds. The summed E-state index contributed by atoms with van der Waals surface area (Å²) in [5.41, 5.74) is 25.8. The summed E-state index contributed by atoms with van der Waals surface area (Å²) in [6, 6.07) is 87.0. The summed E-state index contributed by atoms with van der Waals surface area (Å²) < 4.78 is 2.39. The van der Waals surface area contributed by atoms with Gasteiger partial charge in [-0.25, -0.2) is 0 Å². The minimum Gasteiger partial charge on any atom is -0.309 e. The number of aromatic nitrogens is 1. The van der Waals surface area contributed by atoms with E-state index in [0.717, 1.165) is 0 Å². The van der Waals surface area contributed by atoms with E-state index in [1.165, 1.54) is 122 Å². The van der Waals surface area contributed by atoms with Gasteiger partial charge in [0.1, 0.15) is 0 Å². The van der Waals surface area contributed by atoms with E-state index in [1.54, 1.807) is 0 Å². The Morgan fingerprint density at radius 3 is 1.32 bits per heavy atom. The van der Waals surface area contributed by atoms with Gasteiger partial charge in [-0.15, -0.1) is 0 Å². The Bertz CT molecular complexity index is 3690. The summed E-state index contributed by atoms with van der Waals surface area (Å²) in [6.45, 7) is 4.78. The lowest BCUT2D eigenvalue weighted by Gasteiger charge is -2.30. The smallest absolute Gasteiger partial charge is 0.0725 e. The molecule has 0 bridgehead atoms. The van der Waals surface area contributed by atoms with E-state index in [4.69, 9.17) is 0 Å². The molecule has 0 saturated heterocycles. The first-order valence-electron chi connectivity index (χ1n) is 23.4. The first-order valence-corrected chi connectivity index (χ1v) is 23.4. The first-order chi connectivity index (χ1) is 32.5. The Balaban J connectivity index is 0.909. The highest BCUT2D eigenvalue weighted by Gasteiger charge is 2.51.